The van der Waals surface area contributed by atoms with Crippen molar-refractivity contribution in [3.63, 3.8) is 0 Å². The van der Waals surface area contributed by atoms with Gasteiger partial charge in [-0.2, -0.15) is 0 Å². The van der Waals surface area contributed by atoms with Crippen molar-refractivity contribution < 1.29 is 13.9 Å². The summed E-state index contributed by atoms with van der Waals surface area (Å²) in [6, 6.07) is 4.25. The molecule has 1 aromatic rings. The van der Waals surface area contributed by atoms with Gasteiger partial charge in [-0.1, -0.05) is 6.92 Å². The first-order valence-electron chi connectivity index (χ1n) is 6.36. The van der Waals surface area contributed by atoms with Crippen LogP contribution < -0.4 is 15.8 Å². The Hall–Kier alpha value is -1.62. The highest BCUT2D eigenvalue weighted by atomic mass is 19.1. The fourth-order valence-electron chi connectivity index (χ4n) is 2.70. The van der Waals surface area contributed by atoms with Crippen LogP contribution in [0.15, 0.2) is 18.2 Å². The molecule has 0 spiro atoms. The number of hydrogen-bond donors (Lipinski definition) is 2. The summed E-state index contributed by atoms with van der Waals surface area (Å²) in [5.41, 5.74) is 5.29. The summed E-state index contributed by atoms with van der Waals surface area (Å²) in [4.78, 5) is 12.2. The number of amides is 1. The van der Waals surface area contributed by atoms with Gasteiger partial charge in [-0.05, 0) is 30.9 Å². The number of ether oxygens (including phenoxy) is 1. The summed E-state index contributed by atoms with van der Waals surface area (Å²) in [5, 5.41) is 2.63. The fourth-order valence-corrected chi connectivity index (χ4v) is 2.70. The number of rotatable bonds is 4. The number of nitrogens with one attached hydrogen (secondary N) is 1. The van der Waals surface area contributed by atoms with Crippen molar-refractivity contribution in [3.8, 4) is 5.75 Å². The highest BCUT2D eigenvalue weighted by molar-refractivity contribution is 5.96. The third-order valence-electron chi connectivity index (χ3n) is 3.77. The maximum absolute atomic E-state index is 13.7. The van der Waals surface area contributed by atoms with Crippen LogP contribution in [0.2, 0.25) is 0 Å². The van der Waals surface area contributed by atoms with E-state index in [9.17, 15) is 9.18 Å². The number of benzene rings is 1. The van der Waals surface area contributed by atoms with Gasteiger partial charge >= 0.3 is 0 Å². The summed E-state index contributed by atoms with van der Waals surface area (Å²) >= 11 is 0. The van der Waals surface area contributed by atoms with Crippen molar-refractivity contribution in [2.24, 2.45) is 17.1 Å². The fraction of sp³-hybridized carbons (Fsp3) is 0.500. The minimum atomic E-state index is -0.547. The van der Waals surface area contributed by atoms with Gasteiger partial charge in [-0.25, -0.2) is 4.39 Å². The van der Waals surface area contributed by atoms with Crippen LogP contribution in [-0.2, 0) is 4.79 Å². The summed E-state index contributed by atoms with van der Waals surface area (Å²) < 4.78 is 18.7. The van der Waals surface area contributed by atoms with Crippen LogP contribution in [0, 0.1) is 17.2 Å². The average molecular weight is 266 g/mol. The van der Waals surface area contributed by atoms with Crippen molar-refractivity contribution in [3.05, 3.63) is 24.0 Å². The van der Waals surface area contributed by atoms with E-state index in [-0.39, 0.29) is 18.1 Å². The summed E-state index contributed by atoms with van der Waals surface area (Å²) in [5.74, 6) is 0.305. The van der Waals surface area contributed by atoms with Gasteiger partial charge in [0.1, 0.15) is 11.6 Å². The molecule has 19 heavy (non-hydrogen) atoms. The van der Waals surface area contributed by atoms with Crippen LogP contribution in [0.25, 0.3) is 0 Å². The molecule has 1 saturated carbocycles. The normalized spacial score (nSPS) is 25.6. The van der Waals surface area contributed by atoms with E-state index in [0.29, 0.717) is 11.7 Å². The Bertz CT molecular complexity index is 484. The van der Waals surface area contributed by atoms with Crippen molar-refractivity contribution in [2.45, 2.75) is 19.8 Å². The molecule has 0 aromatic heterocycles. The first-order valence-corrected chi connectivity index (χ1v) is 6.36. The Morgan fingerprint density at radius 3 is 2.79 bits per heavy atom. The quantitative estimate of drug-likeness (QED) is 0.877. The van der Waals surface area contributed by atoms with Crippen LogP contribution in [0.4, 0.5) is 10.1 Å². The predicted octanol–water partition coefficient (Wildman–Crippen LogP) is 2.15. The first-order chi connectivity index (χ1) is 9.00. The van der Waals surface area contributed by atoms with Crippen LogP contribution in [0.1, 0.15) is 19.8 Å². The Labute approximate surface area is 112 Å². The van der Waals surface area contributed by atoms with Gasteiger partial charge in [0.15, 0.2) is 0 Å². The molecule has 0 bridgehead atoms. The lowest BCUT2D eigenvalue weighted by atomic mass is 9.62. The molecule has 0 saturated heterocycles. The molecule has 0 unspecified atom stereocenters. The molecular formula is C14H19FN2O2. The number of anilines is 1. The lowest BCUT2D eigenvalue weighted by Gasteiger charge is -2.44. The number of hydrogen-bond acceptors (Lipinski definition) is 3. The summed E-state index contributed by atoms with van der Waals surface area (Å²) in [6.45, 7) is 2.36. The van der Waals surface area contributed by atoms with E-state index >= 15 is 0 Å². The highest BCUT2D eigenvalue weighted by Crippen LogP contribution is 2.45. The van der Waals surface area contributed by atoms with E-state index in [2.05, 4.69) is 12.2 Å². The second-order valence-corrected chi connectivity index (χ2v) is 5.30. The Morgan fingerprint density at radius 2 is 2.26 bits per heavy atom. The molecule has 1 aliphatic rings. The monoisotopic (exact) mass is 266 g/mol. The standard InChI is InChI=1S/C14H19FN2O2/c1-9-6-14(7-9,8-16)13(18)17-12-5-10(19-2)3-4-11(12)15/h3-5,9H,6-8,16H2,1-2H3,(H,17,18). The van der Waals surface area contributed by atoms with E-state index in [4.69, 9.17) is 10.5 Å². The van der Waals surface area contributed by atoms with Crippen LogP contribution >= 0.6 is 0 Å². The molecule has 0 heterocycles. The average Bonchev–Trinajstić information content (AvgIpc) is 2.37. The van der Waals surface area contributed by atoms with Crippen LogP contribution in [0.3, 0.4) is 0 Å². The second-order valence-electron chi connectivity index (χ2n) is 5.30. The van der Waals surface area contributed by atoms with Crippen LogP contribution in [0.5, 0.6) is 5.75 Å². The molecular weight excluding hydrogens is 247 g/mol. The Balaban J connectivity index is 2.14. The predicted molar refractivity (Wildman–Crippen MR) is 71.5 cm³/mol. The van der Waals surface area contributed by atoms with Crippen molar-refractivity contribution in [1.29, 1.82) is 0 Å². The molecule has 104 valence electrons. The number of halogens is 1. The SMILES string of the molecule is COc1ccc(F)c(NC(=O)C2(CN)CC(C)C2)c1. The lowest BCUT2D eigenvalue weighted by Crippen LogP contribution is -2.51. The number of nitrogens with two attached hydrogens (primary N) is 1. The number of carbonyl (C=O) groups is 1. The second kappa shape index (κ2) is 5.17. The van der Waals surface area contributed by atoms with Crippen LogP contribution in [-0.4, -0.2) is 19.6 Å². The molecule has 1 aliphatic carbocycles. The molecule has 1 amide bonds. The van der Waals surface area contributed by atoms with Crippen molar-refractivity contribution in [2.75, 3.05) is 19.0 Å². The molecule has 1 aromatic carbocycles. The zero-order valence-electron chi connectivity index (χ0n) is 11.2. The van der Waals surface area contributed by atoms with Gasteiger partial charge in [0.2, 0.25) is 5.91 Å². The zero-order chi connectivity index (χ0) is 14.0. The lowest BCUT2D eigenvalue weighted by molar-refractivity contribution is -0.132. The van der Waals surface area contributed by atoms with E-state index in [1.165, 1.54) is 25.3 Å². The minimum absolute atomic E-state index is 0.136. The number of methoxy groups -OCH3 is 1. The zero-order valence-corrected chi connectivity index (χ0v) is 11.2. The van der Waals surface area contributed by atoms with E-state index in [1.807, 2.05) is 0 Å². The molecule has 0 atom stereocenters. The highest BCUT2D eigenvalue weighted by Gasteiger charge is 2.47. The third kappa shape index (κ3) is 2.56. The van der Waals surface area contributed by atoms with Gasteiger partial charge in [0, 0.05) is 12.6 Å². The first kappa shape index (κ1) is 13.8. The largest absolute Gasteiger partial charge is 0.497 e. The van der Waals surface area contributed by atoms with Gasteiger partial charge in [-0.15, -0.1) is 0 Å². The summed E-state index contributed by atoms with van der Waals surface area (Å²) in [6.07, 6.45) is 1.50. The molecule has 0 aliphatic heterocycles. The maximum Gasteiger partial charge on any atom is 0.231 e. The minimum Gasteiger partial charge on any atom is -0.497 e. The maximum atomic E-state index is 13.7. The van der Waals surface area contributed by atoms with E-state index in [0.717, 1.165) is 12.8 Å². The molecule has 2 rings (SSSR count). The number of carbonyl (C=O) groups excluding carboxylic acids is 1. The van der Waals surface area contributed by atoms with Gasteiger partial charge < -0.3 is 15.8 Å². The molecule has 4 nitrogen and oxygen atoms in total. The molecule has 1 fully saturated rings. The van der Waals surface area contributed by atoms with E-state index < -0.39 is 11.2 Å². The molecule has 0 radical (unpaired) electrons. The van der Waals surface area contributed by atoms with Crippen molar-refractivity contribution >= 4 is 11.6 Å². The van der Waals surface area contributed by atoms with Gasteiger partial charge in [0.25, 0.3) is 0 Å². The molecule has 3 N–H and O–H groups in total. The molecule has 5 heteroatoms. The van der Waals surface area contributed by atoms with Gasteiger partial charge in [-0.3, -0.25) is 4.79 Å². The Morgan fingerprint density at radius 1 is 1.58 bits per heavy atom. The topological polar surface area (TPSA) is 64.3 Å². The third-order valence-corrected chi connectivity index (χ3v) is 3.77. The van der Waals surface area contributed by atoms with Crippen molar-refractivity contribution in [1.82, 2.24) is 0 Å². The Kier molecular flexibility index (Phi) is 3.75. The summed E-state index contributed by atoms with van der Waals surface area (Å²) in [7, 11) is 1.49. The van der Waals surface area contributed by atoms with E-state index in [1.54, 1.807) is 0 Å². The smallest absolute Gasteiger partial charge is 0.231 e. The van der Waals surface area contributed by atoms with Gasteiger partial charge in [0.05, 0.1) is 18.2 Å².